The summed E-state index contributed by atoms with van der Waals surface area (Å²) in [6.07, 6.45) is 4.93. The van der Waals surface area contributed by atoms with Crippen molar-refractivity contribution in [3.8, 4) is 11.6 Å². The smallest absolute Gasteiger partial charge is 0.302 e. The number of fused-ring (bicyclic) bond motifs is 1. The van der Waals surface area contributed by atoms with Gasteiger partial charge in [-0.15, -0.1) is 10.2 Å². The third-order valence-electron chi connectivity index (χ3n) is 5.55. The molecule has 162 valence electrons. The van der Waals surface area contributed by atoms with Crippen LogP contribution >= 0.6 is 11.6 Å². The standard InChI is InChI=1S/C23H25ClN4O3/c24-17-9-11-18(12-10-17)31-15-21(29)25-26-22-19-7-3-4-8-20(19)28(23(22)30)16-27-13-5-1-2-6-14-27/h3-4,7-12,30H,1-2,5-6,13-16H2/p+1. The van der Waals surface area contributed by atoms with Gasteiger partial charge in [-0.3, -0.25) is 9.36 Å². The maximum absolute atomic E-state index is 12.2. The molecule has 2 N–H and O–H groups in total. The number of quaternary nitrogens is 1. The highest BCUT2D eigenvalue weighted by Gasteiger charge is 2.21. The fourth-order valence-electron chi connectivity index (χ4n) is 3.95. The third-order valence-corrected chi connectivity index (χ3v) is 5.80. The van der Waals surface area contributed by atoms with Crippen LogP contribution in [0.4, 0.5) is 5.69 Å². The van der Waals surface area contributed by atoms with E-state index in [0.717, 1.165) is 24.0 Å². The largest absolute Gasteiger partial charge is 0.493 e. The number of aromatic hydroxyl groups is 1. The Kier molecular flexibility index (Phi) is 6.84. The molecule has 1 aromatic heterocycles. The third kappa shape index (κ3) is 5.24. The molecule has 1 saturated heterocycles. The van der Waals surface area contributed by atoms with Gasteiger partial charge in [-0.1, -0.05) is 29.8 Å². The van der Waals surface area contributed by atoms with Gasteiger partial charge in [0.1, 0.15) is 5.75 Å². The van der Waals surface area contributed by atoms with Crippen molar-refractivity contribution in [3.05, 3.63) is 53.6 Å². The van der Waals surface area contributed by atoms with Gasteiger partial charge in [0.2, 0.25) is 5.88 Å². The number of nitrogens with zero attached hydrogens (tertiary/aromatic N) is 3. The van der Waals surface area contributed by atoms with E-state index in [2.05, 4.69) is 10.2 Å². The summed E-state index contributed by atoms with van der Waals surface area (Å²) in [6, 6.07) is 14.4. The van der Waals surface area contributed by atoms with Gasteiger partial charge in [-0.2, -0.15) is 0 Å². The molecule has 2 heterocycles. The Balaban J connectivity index is 1.50. The molecule has 0 saturated carbocycles. The summed E-state index contributed by atoms with van der Waals surface area (Å²) < 4.78 is 7.29. The average Bonchev–Trinajstić information content (AvgIpc) is 2.93. The first-order chi connectivity index (χ1) is 15.1. The van der Waals surface area contributed by atoms with Crippen LogP contribution in [0.25, 0.3) is 10.9 Å². The minimum absolute atomic E-state index is 0.0353. The number of benzene rings is 2. The number of hydrogen-bond donors (Lipinski definition) is 2. The number of likely N-dealkylation sites (tertiary alicyclic amines) is 1. The molecule has 31 heavy (non-hydrogen) atoms. The lowest BCUT2D eigenvalue weighted by Crippen LogP contribution is -3.11. The number of azo groups is 1. The summed E-state index contributed by atoms with van der Waals surface area (Å²) in [5.41, 5.74) is 1.19. The summed E-state index contributed by atoms with van der Waals surface area (Å²) in [5.74, 6) is 0.0188. The molecule has 7 nitrogen and oxygen atoms in total. The highest BCUT2D eigenvalue weighted by molar-refractivity contribution is 6.30. The number of hydrogen-bond acceptors (Lipinski definition) is 4. The van der Waals surface area contributed by atoms with E-state index in [1.165, 1.54) is 30.6 Å². The predicted octanol–water partition coefficient (Wildman–Crippen LogP) is 4.11. The molecule has 0 unspecified atom stereocenters. The van der Waals surface area contributed by atoms with Crippen LogP contribution in [0.5, 0.6) is 11.6 Å². The Labute approximate surface area is 185 Å². The Bertz CT molecular complexity index is 1070. The number of carbonyl (C=O) groups excluding carboxylic acids is 1. The maximum atomic E-state index is 12.2. The summed E-state index contributed by atoms with van der Waals surface area (Å²) in [5, 5.41) is 20.1. The van der Waals surface area contributed by atoms with Crippen LogP contribution in [-0.2, 0) is 11.5 Å². The summed E-state index contributed by atoms with van der Waals surface area (Å²) >= 11 is 5.84. The topological polar surface area (TPSA) is 80.6 Å². The van der Waals surface area contributed by atoms with E-state index in [4.69, 9.17) is 16.3 Å². The molecule has 4 rings (SSSR count). The zero-order valence-electron chi connectivity index (χ0n) is 17.3. The first-order valence-corrected chi connectivity index (χ1v) is 11.0. The monoisotopic (exact) mass is 441 g/mol. The lowest BCUT2D eigenvalue weighted by Gasteiger charge is -2.18. The molecule has 2 aromatic carbocycles. The molecule has 1 amide bonds. The van der Waals surface area contributed by atoms with E-state index in [9.17, 15) is 9.90 Å². The molecule has 0 atom stereocenters. The summed E-state index contributed by atoms with van der Waals surface area (Å²) in [7, 11) is 0. The van der Waals surface area contributed by atoms with E-state index in [1.807, 2.05) is 28.8 Å². The normalized spacial score (nSPS) is 15.4. The van der Waals surface area contributed by atoms with Crippen molar-refractivity contribution in [1.29, 1.82) is 0 Å². The molecule has 3 aromatic rings. The van der Waals surface area contributed by atoms with Gasteiger partial charge in [0.15, 0.2) is 19.0 Å². The SMILES string of the molecule is O=C(COc1ccc(Cl)cc1)N=Nc1c(O)n(C[NH+]2CCCCCC2)c2ccccc12. The van der Waals surface area contributed by atoms with Gasteiger partial charge in [0.25, 0.3) is 0 Å². The highest BCUT2D eigenvalue weighted by Crippen LogP contribution is 2.38. The summed E-state index contributed by atoms with van der Waals surface area (Å²) in [6.45, 7) is 2.59. The number of halogens is 1. The van der Waals surface area contributed by atoms with Crippen molar-refractivity contribution in [2.45, 2.75) is 32.4 Å². The zero-order chi connectivity index (χ0) is 21.6. The first-order valence-electron chi connectivity index (χ1n) is 10.6. The number of amides is 1. The van der Waals surface area contributed by atoms with Crippen LogP contribution in [0.1, 0.15) is 25.7 Å². The second kappa shape index (κ2) is 9.94. The average molecular weight is 442 g/mol. The van der Waals surface area contributed by atoms with Crippen molar-refractivity contribution in [2.24, 2.45) is 10.2 Å². The van der Waals surface area contributed by atoms with E-state index >= 15 is 0 Å². The van der Waals surface area contributed by atoms with Gasteiger partial charge in [0, 0.05) is 10.4 Å². The van der Waals surface area contributed by atoms with E-state index in [-0.39, 0.29) is 12.5 Å². The summed E-state index contributed by atoms with van der Waals surface area (Å²) in [4.78, 5) is 13.6. The van der Waals surface area contributed by atoms with Crippen molar-refractivity contribution >= 4 is 34.1 Å². The molecule has 0 radical (unpaired) electrons. The van der Waals surface area contributed by atoms with Crippen LogP contribution in [0.15, 0.2) is 58.8 Å². The number of nitrogens with one attached hydrogen (secondary N) is 1. The fourth-order valence-corrected chi connectivity index (χ4v) is 4.08. The van der Waals surface area contributed by atoms with Crippen LogP contribution in [-0.4, -0.2) is 35.3 Å². The van der Waals surface area contributed by atoms with Crippen LogP contribution in [0.3, 0.4) is 0 Å². The minimum Gasteiger partial charge on any atom is -0.493 e. The molecular formula is C23H26ClN4O3+. The predicted molar refractivity (Wildman–Crippen MR) is 119 cm³/mol. The minimum atomic E-state index is -0.538. The number of carbonyl (C=O) groups is 1. The van der Waals surface area contributed by atoms with Crippen molar-refractivity contribution < 1.29 is 19.5 Å². The van der Waals surface area contributed by atoms with Gasteiger partial charge < -0.3 is 14.7 Å². The van der Waals surface area contributed by atoms with E-state index < -0.39 is 5.91 Å². The molecule has 0 spiro atoms. The Morgan fingerprint density at radius 2 is 1.77 bits per heavy atom. The van der Waals surface area contributed by atoms with Crippen molar-refractivity contribution in [2.75, 3.05) is 19.7 Å². The first kappa shape index (κ1) is 21.3. The molecular weight excluding hydrogens is 416 g/mol. The number of rotatable bonds is 6. The Morgan fingerprint density at radius 3 is 2.52 bits per heavy atom. The van der Waals surface area contributed by atoms with Gasteiger partial charge >= 0.3 is 5.91 Å². The van der Waals surface area contributed by atoms with Gasteiger partial charge in [-0.25, -0.2) is 0 Å². The Hall–Kier alpha value is -2.90. The maximum Gasteiger partial charge on any atom is 0.302 e. The molecule has 1 fully saturated rings. The van der Waals surface area contributed by atoms with Crippen LogP contribution < -0.4 is 9.64 Å². The number of para-hydroxylation sites is 1. The molecule has 0 bridgehead atoms. The highest BCUT2D eigenvalue weighted by atomic mass is 35.5. The van der Waals surface area contributed by atoms with E-state index in [1.54, 1.807) is 24.3 Å². The lowest BCUT2D eigenvalue weighted by molar-refractivity contribution is -0.921. The number of aromatic nitrogens is 1. The molecule has 1 aliphatic heterocycles. The molecule has 8 heteroatoms. The van der Waals surface area contributed by atoms with Crippen molar-refractivity contribution in [3.63, 3.8) is 0 Å². The Morgan fingerprint density at radius 1 is 1.06 bits per heavy atom. The van der Waals surface area contributed by atoms with Crippen molar-refractivity contribution in [1.82, 2.24) is 4.57 Å². The quantitative estimate of drug-likeness (QED) is 0.565. The number of ether oxygens (including phenoxy) is 1. The zero-order valence-corrected chi connectivity index (χ0v) is 18.0. The second-order valence-electron chi connectivity index (χ2n) is 7.78. The molecule has 1 aliphatic rings. The van der Waals surface area contributed by atoms with Crippen LogP contribution in [0, 0.1) is 0 Å². The lowest BCUT2D eigenvalue weighted by atomic mass is 10.2. The van der Waals surface area contributed by atoms with Crippen LogP contribution in [0.2, 0.25) is 5.02 Å². The van der Waals surface area contributed by atoms with Gasteiger partial charge in [0.05, 0.1) is 18.6 Å². The van der Waals surface area contributed by atoms with E-state index in [0.29, 0.717) is 23.1 Å². The van der Waals surface area contributed by atoms with Gasteiger partial charge in [-0.05, 0) is 56.0 Å². The fraction of sp³-hybridized carbons (Fsp3) is 0.348. The second-order valence-corrected chi connectivity index (χ2v) is 8.21. The molecule has 0 aliphatic carbocycles.